The van der Waals surface area contributed by atoms with Crippen LogP contribution in [0.3, 0.4) is 0 Å². The number of urea groups is 1. The van der Waals surface area contributed by atoms with Gasteiger partial charge in [0.05, 0.1) is 0 Å². The molecule has 0 bridgehead atoms. The Balaban J connectivity index is 2.14. The molecular weight excluding hydrogens is 244 g/mol. The van der Waals surface area contributed by atoms with Crippen LogP contribution in [0.1, 0.15) is 13.8 Å². The van der Waals surface area contributed by atoms with E-state index in [0.29, 0.717) is 24.7 Å². The summed E-state index contributed by atoms with van der Waals surface area (Å²) in [6, 6.07) is 7.18. The fourth-order valence-corrected chi connectivity index (χ4v) is 1.74. The minimum atomic E-state index is -0.118. The molecule has 6 nitrogen and oxygen atoms in total. The Kier molecular flexibility index (Phi) is 4.12. The van der Waals surface area contributed by atoms with Gasteiger partial charge in [-0.25, -0.2) is 4.79 Å². The first-order valence-electron chi connectivity index (χ1n) is 6.17. The van der Waals surface area contributed by atoms with Crippen LogP contribution in [0.2, 0.25) is 0 Å². The zero-order valence-corrected chi connectivity index (χ0v) is 11.0. The van der Waals surface area contributed by atoms with Gasteiger partial charge in [-0.1, -0.05) is 6.07 Å². The summed E-state index contributed by atoms with van der Waals surface area (Å²) in [5.41, 5.74) is 1.47. The maximum atomic E-state index is 11.9. The molecule has 1 heterocycles. The van der Waals surface area contributed by atoms with E-state index in [-0.39, 0.29) is 6.03 Å². The number of carbonyl (C=O) groups excluding carboxylic acids is 1. The second-order valence-electron chi connectivity index (χ2n) is 3.93. The first-order chi connectivity index (χ1) is 9.24. The largest absolute Gasteiger partial charge is 0.423 e. The Labute approximate surface area is 111 Å². The molecule has 0 aliphatic carbocycles. The summed E-state index contributed by atoms with van der Waals surface area (Å²) in [6.07, 6.45) is 1.27. The van der Waals surface area contributed by atoms with Gasteiger partial charge in [0.25, 0.3) is 0 Å². The zero-order valence-electron chi connectivity index (χ0n) is 11.0. The molecule has 0 spiro atoms. The summed E-state index contributed by atoms with van der Waals surface area (Å²) < 4.78 is 5.12. The minimum Gasteiger partial charge on any atom is -0.423 e. The number of anilines is 1. The van der Waals surface area contributed by atoms with Crippen molar-refractivity contribution in [2.24, 2.45) is 0 Å². The van der Waals surface area contributed by atoms with E-state index >= 15 is 0 Å². The summed E-state index contributed by atoms with van der Waals surface area (Å²) in [7, 11) is 0. The third kappa shape index (κ3) is 3.09. The van der Waals surface area contributed by atoms with Crippen LogP contribution in [0, 0.1) is 0 Å². The monoisotopic (exact) mass is 260 g/mol. The molecule has 0 fully saturated rings. The van der Waals surface area contributed by atoms with Gasteiger partial charge in [-0.15, -0.1) is 10.2 Å². The number of carbonyl (C=O) groups is 1. The smallest absolute Gasteiger partial charge is 0.321 e. The Morgan fingerprint density at radius 2 is 2.16 bits per heavy atom. The lowest BCUT2D eigenvalue weighted by Crippen LogP contribution is -2.34. The fourth-order valence-electron chi connectivity index (χ4n) is 1.74. The van der Waals surface area contributed by atoms with Crippen LogP contribution >= 0.6 is 0 Å². The lowest BCUT2D eigenvalue weighted by molar-refractivity contribution is 0.217. The van der Waals surface area contributed by atoms with Crippen molar-refractivity contribution in [1.29, 1.82) is 0 Å². The number of amides is 2. The Morgan fingerprint density at radius 3 is 2.79 bits per heavy atom. The van der Waals surface area contributed by atoms with E-state index in [1.54, 1.807) is 11.0 Å². The minimum absolute atomic E-state index is 0.118. The maximum absolute atomic E-state index is 11.9. The van der Waals surface area contributed by atoms with E-state index in [1.807, 2.05) is 32.0 Å². The van der Waals surface area contributed by atoms with Crippen LogP contribution in [-0.4, -0.2) is 34.2 Å². The number of nitrogens with one attached hydrogen (secondary N) is 1. The van der Waals surface area contributed by atoms with Crippen molar-refractivity contribution in [1.82, 2.24) is 15.1 Å². The zero-order chi connectivity index (χ0) is 13.7. The molecule has 0 aliphatic heterocycles. The van der Waals surface area contributed by atoms with Crippen molar-refractivity contribution >= 4 is 11.7 Å². The Morgan fingerprint density at radius 1 is 1.37 bits per heavy atom. The van der Waals surface area contributed by atoms with Gasteiger partial charge in [-0.05, 0) is 32.0 Å². The maximum Gasteiger partial charge on any atom is 0.321 e. The van der Waals surface area contributed by atoms with Crippen molar-refractivity contribution in [3.8, 4) is 11.5 Å². The Hall–Kier alpha value is -2.37. The highest BCUT2D eigenvalue weighted by atomic mass is 16.4. The predicted molar refractivity (Wildman–Crippen MR) is 71.7 cm³/mol. The second-order valence-corrected chi connectivity index (χ2v) is 3.93. The number of rotatable bonds is 4. The topological polar surface area (TPSA) is 71.3 Å². The first kappa shape index (κ1) is 13.1. The Bertz CT molecular complexity index is 535. The number of aromatic nitrogens is 2. The van der Waals surface area contributed by atoms with Crippen molar-refractivity contribution in [3.05, 3.63) is 30.7 Å². The molecule has 0 unspecified atom stereocenters. The van der Waals surface area contributed by atoms with Crippen LogP contribution in [0.5, 0.6) is 0 Å². The molecule has 6 heteroatoms. The molecule has 2 aromatic rings. The van der Waals surface area contributed by atoms with Crippen LogP contribution < -0.4 is 5.32 Å². The molecule has 0 radical (unpaired) electrons. The second kappa shape index (κ2) is 5.99. The quantitative estimate of drug-likeness (QED) is 0.917. The normalized spacial score (nSPS) is 10.2. The standard InChI is InChI=1S/C13H16N4O2/c1-3-17(4-2)13(18)15-11-7-5-6-10(8-11)12-16-14-9-19-12/h5-9H,3-4H2,1-2H3,(H,15,18). The number of hydrogen-bond acceptors (Lipinski definition) is 4. The van der Waals surface area contributed by atoms with Crippen LogP contribution in [0.4, 0.5) is 10.5 Å². The highest BCUT2D eigenvalue weighted by Crippen LogP contribution is 2.20. The molecule has 100 valence electrons. The van der Waals surface area contributed by atoms with Crippen molar-refractivity contribution in [3.63, 3.8) is 0 Å². The molecule has 1 aromatic heterocycles. The average molecular weight is 260 g/mol. The molecule has 1 N–H and O–H groups in total. The van der Waals surface area contributed by atoms with Gasteiger partial charge < -0.3 is 14.6 Å². The van der Waals surface area contributed by atoms with Gasteiger partial charge >= 0.3 is 6.03 Å². The van der Waals surface area contributed by atoms with Crippen LogP contribution in [0.25, 0.3) is 11.5 Å². The molecule has 0 atom stereocenters. The van der Waals surface area contributed by atoms with E-state index in [9.17, 15) is 4.79 Å². The van der Waals surface area contributed by atoms with E-state index < -0.39 is 0 Å². The summed E-state index contributed by atoms with van der Waals surface area (Å²) >= 11 is 0. The fraction of sp³-hybridized carbons (Fsp3) is 0.308. The van der Waals surface area contributed by atoms with Crippen molar-refractivity contribution < 1.29 is 9.21 Å². The third-order valence-electron chi connectivity index (χ3n) is 2.77. The molecule has 1 aromatic carbocycles. The van der Waals surface area contributed by atoms with Crippen LogP contribution in [-0.2, 0) is 0 Å². The van der Waals surface area contributed by atoms with Gasteiger partial charge in [-0.3, -0.25) is 0 Å². The molecule has 0 saturated heterocycles. The van der Waals surface area contributed by atoms with Gasteiger partial charge in [0, 0.05) is 24.3 Å². The van der Waals surface area contributed by atoms with Gasteiger partial charge in [-0.2, -0.15) is 0 Å². The lowest BCUT2D eigenvalue weighted by atomic mass is 10.2. The molecule has 2 amide bonds. The van der Waals surface area contributed by atoms with E-state index in [2.05, 4.69) is 15.5 Å². The molecule has 2 rings (SSSR count). The van der Waals surface area contributed by atoms with Crippen molar-refractivity contribution in [2.75, 3.05) is 18.4 Å². The summed E-state index contributed by atoms with van der Waals surface area (Å²) in [4.78, 5) is 13.6. The van der Waals surface area contributed by atoms with E-state index in [0.717, 1.165) is 5.56 Å². The van der Waals surface area contributed by atoms with Gasteiger partial charge in [0.2, 0.25) is 12.3 Å². The number of nitrogens with zero attached hydrogens (tertiary/aromatic N) is 3. The number of hydrogen-bond donors (Lipinski definition) is 1. The molecule has 0 saturated carbocycles. The first-order valence-corrected chi connectivity index (χ1v) is 6.17. The van der Waals surface area contributed by atoms with E-state index in [1.165, 1.54) is 6.39 Å². The van der Waals surface area contributed by atoms with E-state index in [4.69, 9.17) is 4.42 Å². The van der Waals surface area contributed by atoms with Gasteiger partial charge in [0.15, 0.2) is 0 Å². The van der Waals surface area contributed by atoms with Crippen molar-refractivity contribution in [2.45, 2.75) is 13.8 Å². The summed E-state index contributed by atoms with van der Waals surface area (Å²) in [5, 5.41) is 10.3. The third-order valence-corrected chi connectivity index (χ3v) is 2.77. The van der Waals surface area contributed by atoms with Gasteiger partial charge in [0.1, 0.15) is 0 Å². The lowest BCUT2D eigenvalue weighted by Gasteiger charge is -2.19. The summed E-state index contributed by atoms with van der Waals surface area (Å²) in [5.74, 6) is 0.430. The molecule has 19 heavy (non-hydrogen) atoms. The summed E-state index contributed by atoms with van der Waals surface area (Å²) in [6.45, 7) is 5.23. The van der Waals surface area contributed by atoms with Crippen LogP contribution in [0.15, 0.2) is 35.1 Å². The molecular formula is C13H16N4O2. The highest BCUT2D eigenvalue weighted by Gasteiger charge is 2.10. The average Bonchev–Trinajstić information content (AvgIpc) is 2.94. The number of benzene rings is 1. The SMILES string of the molecule is CCN(CC)C(=O)Nc1cccc(-c2nnco2)c1. The molecule has 0 aliphatic rings. The highest BCUT2D eigenvalue weighted by molar-refractivity contribution is 5.89. The predicted octanol–water partition coefficient (Wildman–Crippen LogP) is 2.61.